The van der Waals surface area contributed by atoms with Crippen LogP contribution in [0, 0.1) is 13.8 Å². The van der Waals surface area contributed by atoms with Crippen LogP contribution in [0.4, 0.5) is 24.5 Å². The molecule has 2 amide bonds. The Balaban J connectivity index is 1.80. The van der Waals surface area contributed by atoms with Gasteiger partial charge in [-0.2, -0.15) is 13.2 Å². The van der Waals surface area contributed by atoms with Gasteiger partial charge in [0.15, 0.2) is 5.17 Å². The highest BCUT2D eigenvalue weighted by molar-refractivity contribution is 8.15. The zero-order valence-corrected chi connectivity index (χ0v) is 19.9. The van der Waals surface area contributed by atoms with Gasteiger partial charge in [-0.15, -0.1) is 0 Å². The molecule has 1 aliphatic rings. The minimum atomic E-state index is -4.57. The number of hydrogen-bond acceptors (Lipinski definition) is 4. The number of benzene rings is 2. The van der Waals surface area contributed by atoms with E-state index in [1.165, 1.54) is 11.8 Å². The summed E-state index contributed by atoms with van der Waals surface area (Å²) in [6, 6.07) is 8.49. The summed E-state index contributed by atoms with van der Waals surface area (Å²) in [7, 11) is 0. The van der Waals surface area contributed by atoms with Gasteiger partial charge in [-0.05, 0) is 49.6 Å². The summed E-state index contributed by atoms with van der Waals surface area (Å²) >= 11 is 7.14. The first kappa shape index (κ1) is 25.1. The van der Waals surface area contributed by atoms with Crippen LogP contribution in [0.5, 0.6) is 0 Å². The number of alkyl halides is 3. The number of thioether (sulfide) groups is 1. The third-order valence-corrected chi connectivity index (χ3v) is 6.56. The van der Waals surface area contributed by atoms with Crippen molar-refractivity contribution in [1.29, 1.82) is 0 Å². The molecule has 1 heterocycles. The van der Waals surface area contributed by atoms with Crippen LogP contribution in [0.2, 0.25) is 5.02 Å². The van der Waals surface area contributed by atoms with E-state index in [2.05, 4.69) is 5.32 Å². The number of carbonyl (C=O) groups is 2. The molecule has 1 atom stereocenters. The summed E-state index contributed by atoms with van der Waals surface area (Å²) in [5.41, 5.74) is 1.63. The van der Waals surface area contributed by atoms with Crippen LogP contribution < -0.4 is 5.32 Å². The zero-order chi connectivity index (χ0) is 24.3. The Morgan fingerprint density at radius 3 is 2.48 bits per heavy atom. The molecule has 0 aliphatic carbocycles. The molecule has 1 fully saturated rings. The lowest BCUT2D eigenvalue weighted by Crippen LogP contribution is -2.34. The number of amides is 2. The lowest BCUT2D eigenvalue weighted by Gasteiger charge is -2.16. The van der Waals surface area contributed by atoms with Crippen LogP contribution >= 0.6 is 23.4 Å². The van der Waals surface area contributed by atoms with Crippen molar-refractivity contribution in [3.8, 4) is 0 Å². The predicted molar refractivity (Wildman–Crippen MR) is 126 cm³/mol. The van der Waals surface area contributed by atoms with Crippen molar-refractivity contribution in [2.75, 3.05) is 11.9 Å². The van der Waals surface area contributed by atoms with E-state index in [-0.39, 0.29) is 23.0 Å². The average molecular weight is 498 g/mol. The summed E-state index contributed by atoms with van der Waals surface area (Å²) in [6.07, 6.45) is -4.08. The molecule has 1 saturated heterocycles. The zero-order valence-electron chi connectivity index (χ0n) is 18.3. The van der Waals surface area contributed by atoms with E-state index in [0.717, 1.165) is 35.0 Å². The molecule has 176 valence electrons. The highest BCUT2D eigenvalue weighted by Gasteiger charge is 2.39. The highest BCUT2D eigenvalue weighted by atomic mass is 35.5. The lowest BCUT2D eigenvalue weighted by atomic mass is 10.1. The largest absolute Gasteiger partial charge is 0.416 e. The Kier molecular flexibility index (Phi) is 7.74. The van der Waals surface area contributed by atoms with Gasteiger partial charge in [-0.25, -0.2) is 4.99 Å². The normalized spacial score (nSPS) is 17.7. The van der Waals surface area contributed by atoms with Crippen molar-refractivity contribution in [2.45, 2.75) is 45.0 Å². The summed E-state index contributed by atoms with van der Waals surface area (Å²) in [5, 5.41) is 2.16. The number of carbonyl (C=O) groups excluding carboxylic acids is 2. The summed E-state index contributed by atoms with van der Waals surface area (Å²) in [5.74, 6) is -0.857. The number of hydrogen-bond donors (Lipinski definition) is 1. The fourth-order valence-corrected chi connectivity index (χ4v) is 4.73. The number of para-hydroxylation sites is 1. The molecular formula is C23H23ClF3N3O2S. The first-order valence-electron chi connectivity index (χ1n) is 10.3. The number of aliphatic imine (C=N–C) groups is 1. The summed E-state index contributed by atoms with van der Waals surface area (Å²) in [4.78, 5) is 31.8. The Hall–Kier alpha value is -2.52. The Morgan fingerprint density at radius 2 is 1.88 bits per heavy atom. The van der Waals surface area contributed by atoms with E-state index in [1.54, 1.807) is 4.90 Å². The molecule has 0 radical (unpaired) electrons. The molecule has 10 heteroatoms. The molecular weight excluding hydrogens is 475 g/mol. The van der Waals surface area contributed by atoms with Crippen LogP contribution in [-0.4, -0.2) is 33.7 Å². The molecule has 33 heavy (non-hydrogen) atoms. The Morgan fingerprint density at radius 1 is 1.21 bits per heavy atom. The van der Waals surface area contributed by atoms with Gasteiger partial charge >= 0.3 is 6.18 Å². The molecule has 2 aromatic carbocycles. The average Bonchev–Trinajstić information content (AvgIpc) is 3.00. The molecule has 0 saturated carbocycles. The summed E-state index contributed by atoms with van der Waals surface area (Å²) in [6.45, 7) is 6.25. The van der Waals surface area contributed by atoms with E-state index in [4.69, 9.17) is 16.6 Å². The molecule has 1 unspecified atom stereocenters. The number of anilines is 1. The fraction of sp³-hybridized carbons (Fsp3) is 0.348. The number of halogens is 4. The second kappa shape index (κ2) is 10.2. The van der Waals surface area contributed by atoms with Crippen LogP contribution in [0.1, 0.15) is 36.5 Å². The first-order valence-corrected chi connectivity index (χ1v) is 11.6. The van der Waals surface area contributed by atoms with Gasteiger partial charge in [0.2, 0.25) is 11.8 Å². The maximum Gasteiger partial charge on any atom is 0.416 e. The number of aryl methyl sites for hydroxylation is 2. The maximum absolute atomic E-state index is 13.0. The van der Waals surface area contributed by atoms with Crippen molar-refractivity contribution in [2.24, 2.45) is 4.99 Å². The van der Waals surface area contributed by atoms with E-state index in [9.17, 15) is 22.8 Å². The Bertz CT molecular complexity index is 1080. The minimum Gasteiger partial charge on any atom is -0.325 e. The van der Waals surface area contributed by atoms with Gasteiger partial charge in [0, 0.05) is 13.0 Å². The van der Waals surface area contributed by atoms with E-state index in [1.807, 2.05) is 39.0 Å². The minimum absolute atomic E-state index is 0.0216. The van der Waals surface area contributed by atoms with Gasteiger partial charge < -0.3 is 5.32 Å². The highest BCUT2D eigenvalue weighted by Crippen LogP contribution is 2.36. The smallest absolute Gasteiger partial charge is 0.325 e. The van der Waals surface area contributed by atoms with Crippen molar-refractivity contribution in [1.82, 2.24) is 4.90 Å². The molecule has 1 aliphatic heterocycles. The van der Waals surface area contributed by atoms with Crippen LogP contribution in [0.25, 0.3) is 0 Å². The second-order valence-electron chi connectivity index (χ2n) is 7.68. The van der Waals surface area contributed by atoms with Crippen molar-refractivity contribution < 1.29 is 22.8 Å². The topological polar surface area (TPSA) is 61.8 Å². The van der Waals surface area contributed by atoms with Gasteiger partial charge in [0.25, 0.3) is 0 Å². The van der Waals surface area contributed by atoms with E-state index in [0.29, 0.717) is 18.1 Å². The van der Waals surface area contributed by atoms with Gasteiger partial charge in [0.1, 0.15) is 5.25 Å². The monoisotopic (exact) mass is 497 g/mol. The molecule has 5 nitrogen and oxygen atoms in total. The van der Waals surface area contributed by atoms with Crippen molar-refractivity contribution in [3.63, 3.8) is 0 Å². The molecule has 3 rings (SSSR count). The van der Waals surface area contributed by atoms with Gasteiger partial charge in [-0.1, -0.05) is 48.5 Å². The molecule has 1 N–H and O–H groups in total. The van der Waals surface area contributed by atoms with Gasteiger partial charge in [-0.3, -0.25) is 14.5 Å². The molecule has 2 aromatic rings. The molecule has 0 spiro atoms. The predicted octanol–water partition coefficient (Wildman–Crippen LogP) is 6.35. The summed E-state index contributed by atoms with van der Waals surface area (Å²) < 4.78 is 39.0. The Labute approximate surface area is 199 Å². The number of nitrogens with zero attached hydrogens (tertiary/aromatic N) is 2. The number of nitrogens with one attached hydrogen (secondary N) is 1. The van der Waals surface area contributed by atoms with Crippen molar-refractivity contribution >= 4 is 51.7 Å². The molecule has 0 bridgehead atoms. The quantitative estimate of drug-likeness (QED) is 0.506. The van der Waals surface area contributed by atoms with E-state index < -0.39 is 22.9 Å². The number of rotatable bonds is 6. The standard InChI is InChI=1S/C23H23ClF3N3O2S/c1-4-10-30-21(32)18(33-22(30)29-20-13(2)6-5-7-14(20)3)12-19(31)28-17-11-15(23(25,26)27)8-9-16(17)24/h5-9,11,18H,4,10,12H2,1-3H3,(H,28,31). The molecule has 0 aromatic heterocycles. The second-order valence-corrected chi connectivity index (χ2v) is 9.25. The maximum atomic E-state index is 13.0. The van der Waals surface area contributed by atoms with Gasteiger partial charge in [0.05, 0.1) is 22.0 Å². The third kappa shape index (κ3) is 5.89. The number of amidine groups is 1. The van der Waals surface area contributed by atoms with Crippen molar-refractivity contribution in [3.05, 3.63) is 58.1 Å². The first-order chi connectivity index (χ1) is 15.5. The third-order valence-electron chi connectivity index (χ3n) is 5.05. The lowest BCUT2D eigenvalue weighted by molar-refractivity contribution is -0.137. The fourth-order valence-electron chi connectivity index (χ4n) is 3.40. The SMILES string of the molecule is CCCN1C(=O)C(CC(=O)Nc2cc(C(F)(F)F)ccc2Cl)SC1=Nc1c(C)cccc1C. The van der Waals surface area contributed by atoms with E-state index >= 15 is 0 Å². The van der Waals surface area contributed by atoms with Crippen LogP contribution in [0.15, 0.2) is 41.4 Å². The van der Waals surface area contributed by atoms with Crippen LogP contribution in [0.3, 0.4) is 0 Å². The van der Waals surface area contributed by atoms with Crippen LogP contribution in [-0.2, 0) is 15.8 Å².